The quantitative estimate of drug-likeness (QED) is 0.522. The first-order chi connectivity index (χ1) is 14.1. The lowest BCUT2D eigenvalue weighted by atomic mass is 10.0. The van der Waals surface area contributed by atoms with Gasteiger partial charge in [0.25, 0.3) is 0 Å². The van der Waals surface area contributed by atoms with E-state index in [0.717, 1.165) is 16.1 Å². The molecule has 1 aliphatic carbocycles. The van der Waals surface area contributed by atoms with Gasteiger partial charge >= 0.3 is 0 Å². The average Bonchev–Trinajstić information content (AvgIpc) is 3.07. The van der Waals surface area contributed by atoms with Gasteiger partial charge in [-0.2, -0.15) is 0 Å². The third-order valence-corrected chi connectivity index (χ3v) is 7.63. The van der Waals surface area contributed by atoms with Crippen LogP contribution in [-0.4, -0.2) is 22.1 Å². The van der Waals surface area contributed by atoms with Crippen molar-refractivity contribution in [3.8, 4) is 11.5 Å². The third-order valence-electron chi connectivity index (χ3n) is 4.88. The summed E-state index contributed by atoms with van der Waals surface area (Å²) >= 11 is 3.32. The molecule has 0 fully saturated rings. The van der Waals surface area contributed by atoms with Gasteiger partial charge in [0.15, 0.2) is 23.0 Å². The van der Waals surface area contributed by atoms with E-state index in [1.54, 1.807) is 37.3 Å². The highest BCUT2D eigenvalue weighted by Crippen LogP contribution is 2.39. The van der Waals surface area contributed by atoms with E-state index in [2.05, 4.69) is 20.9 Å². The number of rotatable bonds is 4. The highest BCUT2D eigenvalue weighted by Gasteiger charge is 2.40. The number of nitrogen functional groups attached to an aromatic ring is 1. The number of aromatic nitrogens is 2. The molecule has 0 saturated heterocycles. The summed E-state index contributed by atoms with van der Waals surface area (Å²) < 4.78 is 61.3. The van der Waals surface area contributed by atoms with Crippen LogP contribution in [-0.2, 0) is 10.0 Å². The molecule has 156 valence electrons. The summed E-state index contributed by atoms with van der Waals surface area (Å²) in [5.41, 5.74) is 5.29. The molecule has 1 unspecified atom stereocenters. The van der Waals surface area contributed by atoms with Crippen LogP contribution in [0.5, 0.6) is 11.5 Å². The molecule has 1 atom stereocenters. The zero-order valence-electron chi connectivity index (χ0n) is 15.6. The normalized spacial score (nSPS) is 19.1. The van der Waals surface area contributed by atoms with Gasteiger partial charge in [-0.1, -0.05) is 28.1 Å². The number of nitrogens with two attached hydrogens (primary N) is 1. The van der Waals surface area contributed by atoms with Crippen LogP contribution in [0.3, 0.4) is 0 Å². The molecule has 0 amide bonds. The maximum absolute atomic E-state index is 14.3. The number of hydrogen-bond donors (Lipinski definition) is 1. The summed E-state index contributed by atoms with van der Waals surface area (Å²) in [5, 5.41) is 0.278. The lowest BCUT2D eigenvalue weighted by Crippen LogP contribution is -2.38. The van der Waals surface area contributed by atoms with E-state index >= 15 is 0 Å². The minimum atomic E-state index is -4.02. The Balaban J connectivity index is 1.89. The number of ether oxygens (including phenoxy) is 1. The second kappa shape index (κ2) is 7.21. The fourth-order valence-corrected chi connectivity index (χ4v) is 5.71. The molecule has 2 heterocycles. The largest absolute Gasteiger partial charge is 0.449 e. The van der Waals surface area contributed by atoms with Gasteiger partial charge in [0, 0.05) is 10.7 Å². The van der Waals surface area contributed by atoms with Crippen LogP contribution in [0.25, 0.3) is 11.0 Å². The minimum absolute atomic E-state index is 0.0666. The fraction of sp³-hybridized carbons (Fsp3) is 0.150. The summed E-state index contributed by atoms with van der Waals surface area (Å²) in [6, 6.07) is 5.18. The maximum atomic E-state index is 14.3. The van der Waals surface area contributed by atoms with Crippen LogP contribution < -0.4 is 10.5 Å². The topological polar surface area (TPSA) is 87.2 Å². The summed E-state index contributed by atoms with van der Waals surface area (Å²) in [6.07, 6.45) is 7.94. The zero-order chi connectivity index (χ0) is 21.7. The number of nitrogens with zero attached hydrogens (tertiary/aromatic N) is 2. The molecule has 1 aromatic carbocycles. The summed E-state index contributed by atoms with van der Waals surface area (Å²) in [7, 11) is -4.02. The lowest BCUT2D eigenvalue weighted by Gasteiger charge is -2.27. The van der Waals surface area contributed by atoms with E-state index in [1.165, 1.54) is 12.4 Å². The zero-order valence-corrected chi connectivity index (χ0v) is 18.0. The Morgan fingerprint density at radius 2 is 2.07 bits per heavy atom. The van der Waals surface area contributed by atoms with Crippen molar-refractivity contribution >= 4 is 42.7 Å². The van der Waals surface area contributed by atoms with Crippen molar-refractivity contribution in [1.29, 1.82) is 0 Å². The van der Waals surface area contributed by atoms with E-state index in [4.69, 9.17) is 10.5 Å². The first-order valence-corrected chi connectivity index (χ1v) is 11.0. The van der Waals surface area contributed by atoms with Crippen molar-refractivity contribution in [2.75, 3.05) is 5.73 Å². The van der Waals surface area contributed by atoms with Crippen molar-refractivity contribution in [2.24, 2.45) is 0 Å². The average molecular weight is 496 g/mol. The number of hydrogen-bond acceptors (Lipinski definition) is 5. The van der Waals surface area contributed by atoms with Crippen LogP contribution in [0.1, 0.15) is 13.3 Å². The Kier molecular flexibility index (Phi) is 4.94. The summed E-state index contributed by atoms with van der Waals surface area (Å²) in [6.45, 7) is 1.58. The van der Waals surface area contributed by atoms with Gasteiger partial charge in [-0.05, 0) is 43.7 Å². The fourth-order valence-electron chi connectivity index (χ4n) is 3.23. The number of allylic oxidation sites excluding steroid dienone is 3. The van der Waals surface area contributed by atoms with E-state index in [9.17, 15) is 17.2 Å². The van der Waals surface area contributed by atoms with Gasteiger partial charge < -0.3 is 10.5 Å². The molecule has 0 aliphatic heterocycles. The number of anilines is 1. The molecule has 10 heteroatoms. The van der Waals surface area contributed by atoms with Gasteiger partial charge in [-0.25, -0.2) is 26.2 Å². The van der Waals surface area contributed by atoms with E-state index < -0.39 is 32.2 Å². The molecule has 0 bridgehead atoms. The number of fused-ring (bicyclic) bond motifs is 1. The monoisotopic (exact) mass is 495 g/mol. The van der Waals surface area contributed by atoms with Crippen molar-refractivity contribution < 1.29 is 21.9 Å². The highest BCUT2D eigenvalue weighted by molar-refractivity contribution is 9.11. The van der Waals surface area contributed by atoms with Crippen LogP contribution in [0.15, 0.2) is 59.4 Å². The standard InChI is InChI=1S/C20H16BrF2N3O3S/c1-20(8-2-4-12(21)10-20)30(27,28)26-11-16(13-5-3-9-25-19(13)26)29-18-14(22)6-7-15(24)17(18)23/h2-7,9-11H,8,24H2,1H3. The van der Waals surface area contributed by atoms with Crippen molar-refractivity contribution in [3.63, 3.8) is 0 Å². The van der Waals surface area contributed by atoms with Crippen LogP contribution in [0.4, 0.5) is 14.5 Å². The van der Waals surface area contributed by atoms with Crippen LogP contribution in [0, 0.1) is 11.6 Å². The van der Waals surface area contributed by atoms with E-state index in [-0.39, 0.29) is 28.9 Å². The summed E-state index contributed by atoms with van der Waals surface area (Å²) in [4.78, 5) is 4.16. The SMILES string of the molecule is CC1(S(=O)(=O)n2cc(Oc3c(F)ccc(N)c3F)c3cccnc32)C=C(Br)C=CC1. The molecule has 0 spiro atoms. The second-order valence-corrected chi connectivity index (χ2v) is 10.2. The molecule has 4 rings (SSSR count). The molecule has 2 N–H and O–H groups in total. The number of pyridine rings is 1. The Morgan fingerprint density at radius 1 is 1.30 bits per heavy atom. The molecule has 2 aromatic heterocycles. The number of halogens is 3. The maximum Gasteiger partial charge on any atom is 0.249 e. The molecule has 30 heavy (non-hydrogen) atoms. The van der Waals surface area contributed by atoms with E-state index in [1.807, 2.05) is 0 Å². The van der Waals surface area contributed by atoms with Crippen LogP contribution in [0.2, 0.25) is 0 Å². The summed E-state index contributed by atoms with van der Waals surface area (Å²) in [5.74, 6) is -2.82. The first-order valence-electron chi connectivity index (χ1n) is 8.81. The molecular formula is C20H16BrF2N3O3S. The van der Waals surface area contributed by atoms with Gasteiger partial charge in [0.05, 0.1) is 17.3 Å². The van der Waals surface area contributed by atoms with Crippen molar-refractivity contribution in [3.05, 3.63) is 71.0 Å². The molecule has 1 aliphatic rings. The van der Waals surface area contributed by atoms with Crippen LogP contribution >= 0.6 is 15.9 Å². The highest BCUT2D eigenvalue weighted by atomic mass is 79.9. The Bertz CT molecular complexity index is 1330. The van der Waals surface area contributed by atoms with Crippen molar-refractivity contribution in [2.45, 2.75) is 18.1 Å². The molecule has 0 saturated carbocycles. The molecule has 0 radical (unpaired) electrons. The smallest absolute Gasteiger partial charge is 0.249 e. The predicted octanol–water partition coefficient (Wildman–Crippen LogP) is 4.86. The first kappa shape index (κ1) is 20.5. The Morgan fingerprint density at radius 3 is 2.80 bits per heavy atom. The Hall–Kier alpha value is -2.72. The second-order valence-electron chi connectivity index (χ2n) is 7.00. The predicted molar refractivity (Wildman–Crippen MR) is 114 cm³/mol. The Labute approximate surface area is 179 Å². The number of benzene rings is 1. The van der Waals surface area contributed by atoms with Gasteiger partial charge in [-0.3, -0.25) is 0 Å². The lowest BCUT2D eigenvalue weighted by molar-refractivity contribution is 0.412. The molecule has 6 nitrogen and oxygen atoms in total. The third kappa shape index (κ3) is 3.20. The van der Waals surface area contributed by atoms with Crippen molar-refractivity contribution in [1.82, 2.24) is 8.96 Å². The van der Waals surface area contributed by atoms with Gasteiger partial charge in [0.2, 0.25) is 15.8 Å². The van der Waals surface area contributed by atoms with Gasteiger partial charge in [-0.15, -0.1) is 0 Å². The van der Waals surface area contributed by atoms with Gasteiger partial charge in [0.1, 0.15) is 4.75 Å². The van der Waals surface area contributed by atoms with E-state index in [0.29, 0.717) is 4.48 Å². The minimum Gasteiger partial charge on any atom is -0.449 e. The molecular weight excluding hydrogens is 480 g/mol. The molecule has 3 aromatic rings.